The predicted molar refractivity (Wildman–Crippen MR) is 88.5 cm³/mol. The Hall–Kier alpha value is -2.94. The summed E-state index contributed by atoms with van der Waals surface area (Å²) in [7, 11) is -1.66. The van der Waals surface area contributed by atoms with Gasteiger partial charge >= 0.3 is 0 Å². The summed E-state index contributed by atoms with van der Waals surface area (Å²) in [4.78, 5) is 15.3. The second kappa shape index (κ2) is 5.85. The Kier molecular flexibility index (Phi) is 3.65. The molecule has 0 fully saturated rings. The molecule has 1 aliphatic rings. The molecule has 1 aromatic carbocycles. The maximum atomic E-state index is 12.8. The number of hydrogen-bond donors (Lipinski definition) is 1. The van der Waals surface area contributed by atoms with Crippen LogP contribution in [0.3, 0.4) is 0 Å². The zero-order valence-corrected chi connectivity index (χ0v) is 13.3. The third kappa shape index (κ3) is 2.72. The number of amides is 1. The average Bonchev–Trinajstić information content (AvgIpc) is 3.16. The topological polar surface area (TPSA) is 76.9 Å². The van der Waals surface area contributed by atoms with Crippen LogP contribution < -0.4 is 4.72 Å². The molecule has 0 bridgehead atoms. The minimum absolute atomic E-state index is 0.241. The number of carbonyl (C=O) groups excluding carboxylic acids is 1. The van der Waals surface area contributed by atoms with Crippen LogP contribution in [-0.2, 0) is 15.8 Å². The monoisotopic (exact) mass is 360 g/mol. The van der Waals surface area contributed by atoms with Gasteiger partial charge in [-0.05, 0) is 24.3 Å². The summed E-state index contributed by atoms with van der Waals surface area (Å²) >= 11 is 0. The fourth-order valence-corrected chi connectivity index (χ4v) is 3.44. The highest BCUT2D eigenvalue weighted by molar-refractivity contribution is 7.93. The molecule has 3 heterocycles. The number of rotatable bonds is 3. The fourth-order valence-electron chi connectivity index (χ4n) is 2.58. The molecule has 0 radical (unpaired) electrons. The number of hydrogen-bond acceptors (Lipinski definition) is 4. The van der Waals surface area contributed by atoms with Gasteiger partial charge in [-0.15, -0.1) is 0 Å². The lowest BCUT2D eigenvalue weighted by atomic mass is 10.1. The molecule has 126 valence electrons. The first-order valence-corrected chi connectivity index (χ1v) is 8.35. The largest absolute Gasteiger partial charge is 0.280 e. The summed E-state index contributed by atoms with van der Waals surface area (Å²) in [6, 6.07) is 9.64. The van der Waals surface area contributed by atoms with Crippen LogP contribution in [0.2, 0.25) is 0 Å². The lowest BCUT2D eigenvalue weighted by Crippen LogP contribution is -2.17. The Balaban J connectivity index is 1.78. The lowest BCUT2D eigenvalue weighted by Gasteiger charge is -2.06. The zero-order chi connectivity index (χ0) is 17.6. The number of carbonyl (C=O) groups is 1. The molecule has 9 heteroatoms. The normalized spacial score (nSPS) is 17.2. The van der Waals surface area contributed by atoms with Gasteiger partial charge in [0, 0.05) is 17.0 Å². The van der Waals surface area contributed by atoms with Gasteiger partial charge in [-0.1, -0.05) is 12.1 Å². The summed E-state index contributed by atoms with van der Waals surface area (Å²) in [5.74, 6) is -0.443. The van der Waals surface area contributed by atoms with Crippen molar-refractivity contribution in [2.24, 2.45) is 0 Å². The van der Waals surface area contributed by atoms with Gasteiger partial charge < -0.3 is 0 Å². The van der Waals surface area contributed by atoms with E-state index >= 15 is 0 Å². The van der Waals surface area contributed by atoms with Crippen LogP contribution in [0.15, 0.2) is 48.7 Å². The molecule has 4 rings (SSSR count). The van der Waals surface area contributed by atoms with Gasteiger partial charge in [0.05, 0.1) is 17.4 Å². The van der Waals surface area contributed by atoms with Gasteiger partial charge in [0.2, 0.25) is 0 Å². The number of fused-ring (bicyclic) bond motifs is 1. The van der Waals surface area contributed by atoms with Gasteiger partial charge in [-0.25, -0.2) is 22.7 Å². The van der Waals surface area contributed by atoms with Crippen LogP contribution >= 0.6 is 0 Å². The van der Waals surface area contributed by atoms with Crippen molar-refractivity contribution in [1.29, 1.82) is 0 Å². The first-order valence-electron chi connectivity index (χ1n) is 7.20. The van der Waals surface area contributed by atoms with Crippen LogP contribution in [0.5, 0.6) is 0 Å². The van der Waals surface area contributed by atoms with Crippen molar-refractivity contribution >= 4 is 32.8 Å². The van der Waals surface area contributed by atoms with Gasteiger partial charge in [-0.2, -0.15) is 5.10 Å². The number of pyridine rings is 1. The van der Waals surface area contributed by atoms with E-state index in [4.69, 9.17) is 0 Å². The van der Waals surface area contributed by atoms with Crippen LogP contribution in [0.1, 0.15) is 12.1 Å². The summed E-state index contributed by atoms with van der Waals surface area (Å²) in [5.41, 5.74) is 1.44. The molecule has 0 spiro atoms. The molecule has 0 saturated carbocycles. The Morgan fingerprint density at radius 1 is 1.20 bits per heavy atom. The number of halogens is 2. The Labute approximate surface area is 142 Å². The van der Waals surface area contributed by atoms with Gasteiger partial charge in [-0.3, -0.25) is 9.52 Å². The first-order chi connectivity index (χ1) is 12.0. The maximum absolute atomic E-state index is 12.8. The maximum Gasteiger partial charge on any atom is 0.280 e. The van der Waals surface area contributed by atoms with Crippen LogP contribution in [0.4, 0.5) is 8.78 Å². The van der Waals surface area contributed by atoms with Crippen LogP contribution in [0, 0.1) is 0 Å². The molecule has 1 aliphatic heterocycles. The number of nitrogens with zero attached hydrogens (tertiary/aromatic N) is 3. The van der Waals surface area contributed by atoms with Crippen molar-refractivity contribution in [3.05, 3.63) is 54.4 Å². The van der Waals surface area contributed by atoms with Crippen molar-refractivity contribution in [3.63, 3.8) is 0 Å². The van der Waals surface area contributed by atoms with Crippen molar-refractivity contribution in [3.8, 4) is 11.3 Å². The molecule has 2 aromatic heterocycles. The molecule has 0 aliphatic carbocycles. The molecule has 0 saturated heterocycles. The molecule has 1 amide bonds. The SMILES string of the molecule is O=C1C=C(n2ncc3cc(-c4cccc(C(F)F)n4)ccc32)S(=O)N1. The van der Waals surface area contributed by atoms with Crippen molar-refractivity contribution in [1.82, 2.24) is 19.5 Å². The standard InChI is InChI=1S/C16H10F2N4O2S/c17-16(18)12-3-1-2-11(20-12)9-4-5-13-10(6-9)8-19-22(13)15-7-14(23)21-25(15)24/h1-8,16H,(H,21,23). The molecular formula is C16H10F2N4O2S. The summed E-state index contributed by atoms with van der Waals surface area (Å²) in [6.07, 6.45) is 0.140. The summed E-state index contributed by atoms with van der Waals surface area (Å²) in [6.45, 7) is 0. The van der Waals surface area contributed by atoms with Crippen molar-refractivity contribution in [2.45, 2.75) is 6.43 Å². The number of aromatic nitrogens is 3. The summed E-state index contributed by atoms with van der Waals surface area (Å²) < 4.78 is 41.2. The Morgan fingerprint density at radius 3 is 2.76 bits per heavy atom. The highest BCUT2D eigenvalue weighted by Crippen LogP contribution is 2.27. The second-order valence-electron chi connectivity index (χ2n) is 5.30. The second-order valence-corrected chi connectivity index (χ2v) is 6.46. The van der Waals surface area contributed by atoms with E-state index in [-0.39, 0.29) is 10.7 Å². The zero-order valence-electron chi connectivity index (χ0n) is 12.5. The Morgan fingerprint density at radius 2 is 2.04 bits per heavy atom. The Bertz CT molecular complexity index is 1060. The van der Waals surface area contributed by atoms with Gasteiger partial charge in [0.1, 0.15) is 5.69 Å². The predicted octanol–water partition coefficient (Wildman–Crippen LogP) is 2.63. The third-order valence-corrected chi connectivity index (χ3v) is 4.76. The first kappa shape index (κ1) is 15.6. The van der Waals surface area contributed by atoms with E-state index in [1.165, 1.54) is 22.9 Å². The minimum Gasteiger partial charge on any atom is -0.269 e. The van der Waals surface area contributed by atoms with Crippen LogP contribution in [0.25, 0.3) is 27.2 Å². The van der Waals surface area contributed by atoms with E-state index < -0.39 is 23.3 Å². The van der Waals surface area contributed by atoms with E-state index in [2.05, 4.69) is 14.8 Å². The molecule has 1 atom stereocenters. The molecule has 1 unspecified atom stereocenters. The third-order valence-electron chi connectivity index (χ3n) is 3.70. The highest BCUT2D eigenvalue weighted by atomic mass is 32.2. The van der Waals surface area contributed by atoms with E-state index in [0.717, 1.165) is 0 Å². The van der Waals surface area contributed by atoms with E-state index in [1.54, 1.807) is 30.5 Å². The minimum atomic E-state index is -2.64. The molecule has 3 aromatic rings. The summed E-state index contributed by atoms with van der Waals surface area (Å²) in [5, 5.41) is 5.11. The van der Waals surface area contributed by atoms with E-state index in [1.807, 2.05) is 0 Å². The quantitative estimate of drug-likeness (QED) is 0.779. The molecule has 25 heavy (non-hydrogen) atoms. The average molecular weight is 360 g/mol. The number of alkyl halides is 2. The number of nitrogens with one attached hydrogen (secondary N) is 1. The molecule has 6 nitrogen and oxygen atoms in total. The van der Waals surface area contributed by atoms with Gasteiger partial charge in [0.25, 0.3) is 12.3 Å². The smallest absolute Gasteiger partial charge is 0.269 e. The fraction of sp³-hybridized carbons (Fsp3) is 0.0625. The highest BCUT2D eigenvalue weighted by Gasteiger charge is 2.23. The number of benzene rings is 1. The molecule has 1 N–H and O–H groups in total. The van der Waals surface area contributed by atoms with Crippen molar-refractivity contribution in [2.75, 3.05) is 0 Å². The van der Waals surface area contributed by atoms with Gasteiger partial charge in [0.15, 0.2) is 16.0 Å². The van der Waals surface area contributed by atoms with E-state index in [9.17, 15) is 17.8 Å². The molecular weight excluding hydrogens is 350 g/mol. The van der Waals surface area contributed by atoms with E-state index in [0.29, 0.717) is 22.2 Å². The van der Waals surface area contributed by atoms with Crippen LogP contribution in [-0.4, -0.2) is 24.9 Å². The lowest BCUT2D eigenvalue weighted by molar-refractivity contribution is -0.114. The van der Waals surface area contributed by atoms with Crippen molar-refractivity contribution < 1.29 is 17.8 Å².